The number of amides is 1. The fourth-order valence-electron chi connectivity index (χ4n) is 2.30. The Labute approximate surface area is 111 Å². The predicted octanol–water partition coefficient (Wildman–Crippen LogP) is 1.62. The molecule has 0 saturated carbocycles. The fraction of sp³-hybridized carbons (Fsp3) is 0.500. The Bertz CT molecular complexity index is 445. The second kappa shape index (κ2) is 6.10. The van der Waals surface area contributed by atoms with Crippen molar-refractivity contribution in [2.75, 3.05) is 13.1 Å². The van der Waals surface area contributed by atoms with Crippen molar-refractivity contribution in [3.8, 4) is 0 Å². The number of nitrogens with one attached hydrogen (secondary N) is 2. The number of carbonyl (C=O) groups excluding carboxylic acids is 1. The van der Waals surface area contributed by atoms with E-state index >= 15 is 0 Å². The molecule has 1 amide bonds. The third kappa shape index (κ3) is 3.50. The highest BCUT2D eigenvalue weighted by Gasteiger charge is 2.23. The van der Waals surface area contributed by atoms with Crippen LogP contribution in [-0.4, -0.2) is 25.0 Å². The van der Waals surface area contributed by atoms with Crippen LogP contribution in [-0.2, 0) is 11.2 Å². The Hall–Kier alpha value is -1.49. The number of carbonyl (C=O) groups is 1. The molecule has 0 spiro atoms. The molecule has 0 radical (unpaired) electrons. The zero-order chi connectivity index (χ0) is 13.8. The summed E-state index contributed by atoms with van der Waals surface area (Å²) in [6.07, 6.45) is 0.723. The standard InChI is InChI=1S/C14H18F2N2O/c1-9-5-6-17-8-13(9)18-14(19)7-10-11(15)3-2-4-12(10)16/h2-4,9,13,17H,5-8H2,1H3,(H,18,19). The van der Waals surface area contributed by atoms with Gasteiger partial charge in [-0.1, -0.05) is 13.0 Å². The summed E-state index contributed by atoms with van der Waals surface area (Å²) in [6.45, 7) is 3.71. The van der Waals surface area contributed by atoms with Crippen molar-refractivity contribution in [1.82, 2.24) is 10.6 Å². The van der Waals surface area contributed by atoms with E-state index in [2.05, 4.69) is 17.6 Å². The van der Waals surface area contributed by atoms with Gasteiger partial charge in [-0.25, -0.2) is 8.78 Å². The lowest BCUT2D eigenvalue weighted by molar-refractivity contribution is -0.121. The normalized spacial score (nSPS) is 23.1. The molecule has 2 rings (SSSR count). The van der Waals surface area contributed by atoms with E-state index in [1.54, 1.807) is 0 Å². The van der Waals surface area contributed by atoms with E-state index < -0.39 is 11.6 Å². The van der Waals surface area contributed by atoms with E-state index in [1.807, 2.05) is 0 Å². The summed E-state index contributed by atoms with van der Waals surface area (Å²) in [5.74, 6) is -1.32. The Kier molecular flexibility index (Phi) is 4.47. The van der Waals surface area contributed by atoms with Crippen molar-refractivity contribution in [3.05, 3.63) is 35.4 Å². The van der Waals surface area contributed by atoms with Crippen molar-refractivity contribution < 1.29 is 13.6 Å². The van der Waals surface area contributed by atoms with Gasteiger partial charge in [0.15, 0.2) is 0 Å². The number of hydrogen-bond donors (Lipinski definition) is 2. The first-order valence-corrected chi connectivity index (χ1v) is 6.51. The van der Waals surface area contributed by atoms with Crippen LogP contribution in [0.1, 0.15) is 18.9 Å². The largest absolute Gasteiger partial charge is 0.352 e. The number of benzene rings is 1. The van der Waals surface area contributed by atoms with Gasteiger partial charge >= 0.3 is 0 Å². The molecule has 1 aliphatic heterocycles. The molecule has 1 aromatic rings. The molecule has 2 N–H and O–H groups in total. The molecule has 3 nitrogen and oxygen atoms in total. The molecule has 104 valence electrons. The summed E-state index contributed by atoms with van der Waals surface area (Å²) in [4.78, 5) is 11.9. The van der Waals surface area contributed by atoms with Crippen LogP contribution in [0.3, 0.4) is 0 Å². The van der Waals surface area contributed by atoms with Gasteiger partial charge in [0.2, 0.25) is 5.91 Å². The molecule has 2 unspecified atom stereocenters. The maximum atomic E-state index is 13.4. The number of hydrogen-bond acceptors (Lipinski definition) is 2. The first-order chi connectivity index (χ1) is 9.08. The van der Waals surface area contributed by atoms with Crippen LogP contribution in [0, 0.1) is 17.6 Å². The number of halogens is 2. The molecule has 1 aromatic carbocycles. The van der Waals surface area contributed by atoms with Gasteiger partial charge in [0, 0.05) is 18.2 Å². The summed E-state index contributed by atoms with van der Waals surface area (Å²) in [7, 11) is 0. The lowest BCUT2D eigenvalue weighted by atomic mass is 9.94. The monoisotopic (exact) mass is 268 g/mol. The number of rotatable bonds is 3. The molecule has 1 fully saturated rings. The molecular weight excluding hydrogens is 250 g/mol. The lowest BCUT2D eigenvalue weighted by Crippen LogP contribution is -2.50. The minimum Gasteiger partial charge on any atom is -0.352 e. The first kappa shape index (κ1) is 13.9. The van der Waals surface area contributed by atoms with Gasteiger partial charge in [0.25, 0.3) is 0 Å². The van der Waals surface area contributed by atoms with Gasteiger partial charge in [-0.2, -0.15) is 0 Å². The van der Waals surface area contributed by atoms with Crippen LogP contribution >= 0.6 is 0 Å². The lowest BCUT2D eigenvalue weighted by Gasteiger charge is -2.30. The van der Waals surface area contributed by atoms with Crippen molar-refractivity contribution in [1.29, 1.82) is 0 Å². The number of piperidine rings is 1. The minimum absolute atomic E-state index is 0.0242. The predicted molar refractivity (Wildman–Crippen MR) is 68.6 cm³/mol. The minimum atomic E-state index is -0.676. The zero-order valence-electron chi connectivity index (χ0n) is 10.9. The molecule has 0 aliphatic carbocycles. The van der Waals surface area contributed by atoms with Crippen LogP contribution < -0.4 is 10.6 Å². The van der Waals surface area contributed by atoms with Gasteiger partial charge < -0.3 is 10.6 Å². The highest BCUT2D eigenvalue weighted by molar-refractivity contribution is 5.79. The van der Waals surface area contributed by atoms with Crippen LogP contribution in [0.25, 0.3) is 0 Å². The fourth-order valence-corrected chi connectivity index (χ4v) is 2.30. The highest BCUT2D eigenvalue weighted by atomic mass is 19.1. The highest BCUT2D eigenvalue weighted by Crippen LogP contribution is 2.14. The van der Waals surface area contributed by atoms with Crippen molar-refractivity contribution in [3.63, 3.8) is 0 Å². The smallest absolute Gasteiger partial charge is 0.224 e. The maximum Gasteiger partial charge on any atom is 0.224 e. The van der Waals surface area contributed by atoms with E-state index in [-0.39, 0.29) is 23.9 Å². The van der Waals surface area contributed by atoms with E-state index in [0.717, 1.165) is 25.1 Å². The average molecular weight is 268 g/mol. The molecular formula is C14H18F2N2O. The third-order valence-corrected chi connectivity index (χ3v) is 3.57. The van der Waals surface area contributed by atoms with Gasteiger partial charge in [-0.3, -0.25) is 4.79 Å². The first-order valence-electron chi connectivity index (χ1n) is 6.51. The summed E-state index contributed by atoms with van der Waals surface area (Å²) < 4.78 is 26.9. The molecule has 2 atom stereocenters. The summed E-state index contributed by atoms with van der Waals surface area (Å²) in [5, 5.41) is 6.03. The quantitative estimate of drug-likeness (QED) is 0.874. The summed E-state index contributed by atoms with van der Waals surface area (Å²) >= 11 is 0. The maximum absolute atomic E-state index is 13.4. The second-order valence-corrected chi connectivity index (χ2v) is 5.02. The summed E-state index contributed by atoms with van der Waals surface area (Å²) in [5.41, 5.74) is -0.170. The van der Waals surface area contributed by atoms with E-state index in [9.17, 15) is 13.6 Å². The SMILES string of the molecule is CC1CCNCC1NC(=O)Cc1c(F)cccc1F. The topological polar surface area (TPSA) is 41.1 Å². The van der Waals surface area contributed by atoms with E-state index in [0.29, 0.717) is 12.5 Å². The Morgan fingerprint density at radius 1 is 1.42 bits per heavy atom. The molecule has 19 heavy (non-hydrogen) atoms. The van der Waals surface area contributed by atoms with Crippen LogP contribution in [0.4, 0.5) is 8.78 Å². The molecule has 0 bridgehead atoms. The van der Waals surface area contributed by atoms with Gasteiger partial charge in [-0.05, 0) is 31.0 Å². The molecule has 5 heteroatoms. The van der Waals surface area contributed by atoms with Crippen molar-refractivity contribution >= 4 is 5.91 Å². The average Bonchev–Trinajstić information content (AvgIpc) is 2.37. The third-order valence-electron chi connectivity index (χ3n) is 3.57. The van der Waals surface area contributed by atoms with E-state index in [4.69, 9.17) is 0 Å². The van der Waals surface area contributed by atoms with Crippen LogP contribution in [0.15, 0.2) is 18.2 Å². The molecule has 1 saturated heterocycles. The van der Waals surface area contributed by atoms with Crippen LogP contribution in [0.2, 0.25) is 0 Å². The Morgan fingerprint density at radius 2 is 2.11 bits per heavy atom. The van der Waals surface area contributed by atoms with Gasteiger partial charge in [0.1, 0.15) is 11.6 Å². The second-order valence-electron chi connectivity index (χ2n) is 5.02. The summed E-state index contributed by atoms with van der Waals surface area (Å²) in [6, 6.07) is 3.64. The molecule has 1 heterocycles. The van der Waals surface area contributed by atoms with Crippen molar-refractivity contribution in [2.45, 2.75) is 25.8 Å². The van der Waals surface area contributed by atoms with Crippen LogP contribution in [0.5, 0.6) is 0 Å². The zero-order valence-corrected chi connectivity index (χ0v) is 10.9. The van der Waals surface area contributed by atoms with Crippen molar-refractivity contribution in [2.24, 2.45) is 5.92 Å². The Morgan fingerprint density at radius 3 is 2.74 bits per heavy atom. The van der Waals surface area contributed by atoms with E-state index in [1.165, 1.54) is 6.07 Å². The molecule has 1 aliphatic rings. The molecule has 0 aromatic heterocycles. The van der Waals surface area contributed by atoms with Gasteiger partial charge in [-0.15, -0.1) is 0 Å². The van der Waals surface area contributed by atoms with Gasteiger partial charge in [0.05, 0.1) is 6.42 Å². The Balaban J connectivity index is 1.97.